The van der Waals surface area contributed by atoms with Crippen LogP contribution in [-0.2, 0) is 19.6 Å². The summed E-state index contributed by atoms with van der Waals surface area (Å²) in [7, 11) is -2.24. The second-order valence-electron chi connectivity index (χ2n) is 5.05. The van der Waals surface area contributed by atoms with Crippen molar-refractivity contribution >= 4 is 16.5 Å². The van der Waals surface area contributed by atoms with E-state index in [1.54, 1.807) is 12.1 Å². The molecule has 1 fully saturated rings. The predicted molar refractivity (Wildman–Crippen MR) is 76.3 cm³/mol. The molecule has 1 saturated carbocycles. The summed E-state index contributed by atoms with van der Waals surface area (Å²) in [4.78, 5) is 10.8. The number of ether oxygens (including phenoxy) is 2. The molecule has 0 heterocycles. The molecule has 0 radical (unpaired) electrons. The lowest BCUT2D eigenvalue weighted by molar-refractivity contribution is -0.148. The van der Waals surface area contributed by atoms with Crippen LogP contribution in [0.3, 0.4) is 0 Å². The number of rotatable bonds is 6. The summed E-state index contributed by atoms with van der Waals surface area (Å²) in [5.41, 5.74) is -1.13. The van der Waals surface area contributed by atoms with Crippen LogP contribution < -0.4 is 9.46 Å². The summed E-state index contributed by atoms with van der Waals surface area (Å²) in [6.45, 7) is 0.307. The van der Waals surface area contributed by atoms with Gasteiger partial charge in [0.05, 0.1) is 12.0 Å². The van der Waals surface area contributed by atoms with Crippen molar-refractivity contribution in [1.29, 1.82) is 0 Å². The maximum absolute atomic E-state index is 12.4. The SMILES string of the molecule is COc1ccc(S(=O)(=O)NC2(OC=O)CCCCC2)cc1. The van der Waals surface area contributed by atoms with Crippen LogP contribution in [0.2, 0.25) is 0 Å². The van der Waals surface area contributed by atoms with Gasteiger partial charge in [-0.3, -0.25) is 4.79 Å². The van der Waals surface area contributed by atoms with Crippen LogP contribution in [0.4, 0.5) is 0 Å². The van der Waals surface area contributed by atoms with Crippen molar-refractivity contribution in [2.45, 2.75) is 42.7 Å². The minimum absolute atomic E-state index is 0.114. The first-order valence-electron chi connectivity index (χ1n) is 6.81. The van der Waals surface area contributed by atoms with Crippen LogP contribution in [0.5, 0.6) is 5.75 Å². The third-order valence-corrected chi connectivity index (χ3v) is 5.16. The monoisotopic (exact) mass is 313 g/mol. The Morgan fingerprint density at radius 1 is 1.14 bits per heavy atom. The normalized spacial score (nSPS) is 18.0. The molecule has 0 bridgehead atoms. The Labute approximate surface area is 124 Å². The van der Waals surface area contributed by atoms with Gasteiger partial charge in [-0.05, 0) is 37.1 Å². The second-order valence-corrected chi connectivity index (χ2v) is 6.73. The number of carbonyl (C=O) groups excluding carboxylic acids is 1. The number of nitrogens with one attached hydrogen (secondary N) is 1. The van der Waals surface area contributed by atoms with Crippen molar-refractivity contribution in [3.05, 3.63) is 24.3 Å². The highest BCUT2D eigenvalue weighted by atomic mass is 32.2. The molecule has 0 amide bonds. The van der Waals surface area contributed by atoms with Gasteiger partial charge in [0.15, 0.2) is 5.72 Å². The summed E-state index contributed by atoms with van der Waals surface area (Å²) in [6, 6.07) is 6.06. The zero-order chi connectivity index (χ0) is 15.3. The highest BCUT2D eigenvalue weighted by molar-refractivity contribution is 7.89. The van der Waals surface area contributed by atoms with Crippen LogP contribution in [-0.4, -0.2) is 27.7 Å². The number of sulfonamides is 1. The highest BCUT2D eigenvalue weighted by Crippen LogP contribution is 2.30. The van der Waals surface area contributed by atoms with E-state index in [1.165, 1.54) is 19.2 Å². The Bertz CT molecular complexity index is 576. The van der Waals surface area contributed by atoms with Crippen LogP contribution in [0, 0.1) is 0 Å². The molecule has 1 aromatic carbocycles. The van der Waals surface area contributed by atoms with E-state index >= 15 is 0 Å². The third-order valence-electron chi connectivity index (χ3n) is 3.63. The fourth-order valence-corrected chi connectivity index (χ4v) is 3.87. The van der Waals surface area contributed by atoms with Crippen LogP contribution in [0.25, 0.3) is 0 Å². The molecule has 1 aliphatic carbocycles. The highest BCUT2D eigenvalue weighted by Gasteiger charge is 2.38. The third kappa shape index (κ3) is 3.74. The fraction of sp³-hybridized carbons (Fsp3) is 0.500. The molecule has 1 aromatic rings. The van der Waals surface area contributed by atoms with Crippen molar-refractivity contribution in [2.75, 3.05) is 7.11 Å². The van der Waals surface area contributed by atoms with Gasteiger partial charge in [-0.15, -0.1) is 0 Å². The average molecular weight is 313 g/mol. The summed E-state index contributed by atoms with van der Waals surface area (Å²) < 4.78 is 37.5. The quantitative estimate of drug-likeness (QED) is 0.640. The van der Waals surface area contributed by atoms with Gasteiger partial charge < -0.3 is 9.47 Å². The van der Waals surface area contributed by atoms with E-state index in [4.69, 9.17) is 9.47 Å². The van der Waals surface area contributed by atoms with E-state index in [-0.39, 0.29) is 4.90 Å². The van der Waals surface area contributed by atoms with E-state index in [9.17, 15) is 13.2 Å². The minimum atomic E-state index is -3.75. The van der Waals surface area contributed by atoms with Gasteiger partial charge in [-0.2, -0.15) is 4.72 Å². The molecular formula is C14H19NO5S. The zero-order valence-electron chi connectivity index (χ0n) is 11.9. The molecule has 0 spiro atoms. The molecule has 1 aliphatic rings. The van der Waals surface area contributed by atoms with Gasteiger partial charge in [-0.1, -0.05) is 6.42 Å². The topological polar surface area (TPSA) is 81.7 Å². The maximum Gasteiger partial charge on any atom is 0.294 e. The van der Waals surface area contributed by atoms with Gasteiger partial charge >= 0.3 is 0 Å². The standard InChI is InChI=1S/C14H19NO5S/c1-19-12-5-7-13(8-6-12)21(17,18)15-14(20-11-16)9-3-2-4-10-14/h5-8,11,15H,2-4,9-10H2,1H3. The Morgan fingerprint density at radius 2 is 1.76 bits per heavy atom. The molecule has 116 valence electrons. The lowest BCUT2D eigenvalue weighted by Crippen LogP contribution is -2.51. The maximum atomic E-state index is 12.4. The molecule has 0 aliphatic heterocycles. The first-order valence-corrected chi connectivity index (χ1v) is 8.29. The summed E-state index contributed by atoms with van der Waals surface area (Å²) in [5, 5.41) is 0. The molecular weight excluding hydrogens is 294 g/mol. The van der Waals surface area contributed by atoms with Gasteiger partial charge in [0.2, 0.25) is 10.0 Å². The first-order chi connectivity index (χ1) is 10.0. The molecule has 21 heavy (non-hydrogen) atoms. The Kier molecular flexibility index (Phi) is 4.84. The Balaban J connectivity index is 2.22. The van der Waals surface area contributed by atoms with E-state index in [0.29, 0.717) is 25.1 Å². The van der Waals surface area contributed by atoms with E-state index < -0.39 is 15.7 Å². The Hall–Kier alpha value is -1.60. The smallest absolute Gasteiger partial charge is 0.294 e. The fourth-order valence-electron chi connectivity index (χ4n) is 2.52. The lowest BCUT2D eigenvalue weighted by atomic mass is 9.92. The molecule has 2 rings (SSSR count). The zero-order valence-corrected chi connectivity index (χ0v) is 12.7. The average Bonchev–Trinajstić information content (AvgIpc) is 2.48. The lowest BCUT2D eigenvalue weighted by Gasteiger charge is -2.35. The molecule has 0 unspecified atom stereocenters. The molecule has 0 saturated heterocycles. The van der Waals surface area contributed by atoms with E-state index in [0.717, 1.165) is 19.3 Å². The molecule has 0 aromatic heterocycles. The van der Waals surface area contributed by atoms with Crippen LogP contribution in [0.1, 0.15) is 32.1 Å². The predicted octanol–water partition coefficient (Wildman–Crippen LogP) is 1.81. The molecule has 6 nitrogen and oxygen atoms in total. The van der Waals surface area contributed by atoms with Crippen molar-refractivity contribution in [3.63, 3.8) is 0 Å². The van der Waals surface area contributed by atoms with E-state index in [1.807, 2.05) is 0 Å². The summed E-state index contributed by atoms with van der Waals surface area (Å²) in [6.07, 6.45) is 3.62. The second kappa shape index (κ2) is 6.44. The number of hydrogen-bond acceptors (Lipinski definition) is 5. The van der Waals surface area contributed by atoms with Gasteiger partial charge in [0.1, 0.15) is 5.75 Å². The number of benzene rings is 1. The minimum Gasteiger partial charge on any atom is -0.497 e. The summed E-state index contributed by atoms with van der Waals surface area (Å²) >= 11 is 0. The van der Waals surface area contributed by atoms with Gasteiger partial charge in [0, 0.05) is 12.8 Å². The van der Waals surface area contributed by atoms with Crippen LogP contribution in [0.15, 0.2) is 29.2 Å². The largest absolute Gasteiger partial charge is 0.497 e. The van der Waals surface area contributed by atoms with Gasteiger partial charge in [-0.25, -0.2) is 8.42 Å². The number of carbonyl (C=O) groups is 1. The van der Waals surface area contributed by atoms with Crippen molar-refractivity contribution < 1.29 is 22.7 Å². The molecule has 1 N–H and O–H groups in total. The number of methoxy groups -OCH3 is 1. The van der Waals surface area contributed by atoms with E-state index in [2.05, 4.69) is 4.72 Å². The Morgan fingerprint density at radius 3 is 2.29 bits per heavy atom. The molecule has 7 heteroatoms. The van der Waals surface area contributed by atoms with Gasteiger partial charge in [0.25, 0.3) is 6.47 Å². The van der Waals surface area contributed by atoms with Crippen molar-refractivity contribution in [3.8, 4) is 5.75 Å². The van der Waals surface area contributed by atoms with Crippen LogP contribution >= 0.6 is 0 Å². The van der Waals surface area contributed by atoms with Crippen molar-refractivity contribution in [2.24, 2.45) is 0 Å². The number of hydrogen-bond donors (Lipinski definition) is 1. The first kappa shape index (κ1) is 15.8. The molecule has 0 atom stereocenters. The van der Waals surface area contributed by atoms with Crippen molar-refractivity contribution in [1.82, 2.24) is 4.72 Å². The summed E-state index contributed by atoms with van der Waals surface area (Å²) in [5.74, 6) is 0.575.